The molecule has 0 atom stereocenters. The highest BCUT2D eigenvalue weighted by Crippen LogP contribution is 2.34. The molecule has 2 rings (SSSR count). The minimum Gasteiger partial charge on any atom is -0.508 e. The van der Waals surface area contributed by atoms with Gasteiger partial charge in [0.25, 0.3) is 0 Å². The Morgan fingerprint density at radius 2 is 2.06 bits per heavy atom. The Morgan fingerprint density at radius 1 is 1.31 bits per heavy atom. The van der Waals surface area contributed by atoms with Crippen LogP contribution in [0.1, 0.15) is 25.3 Å². The molecule has 0 saturated carbocycles. The summed E-state index contributed by atoms with van der Waals surface area (Å²) in [6.07, 6.45) is 3.82. The second-order valence-electron chi connectivity index (χ2n) is 4.11. The van der Waals surface area contributed by atoms with Crippen molar-refractivity contribution in [2.24, 2.45) is 0 Å². The summed E-state index contributed by atoms with van der Waals surface area (Å²) in [5, 5.41) is 13.0. The van der Waals surface area contributed by atoms with Crippen molar-refractivity contribution in [3.63, 3.8) is 0 Å². The summed E-state index contributed by atoms with van der Waals surface area (Å²) >= 11 is 1.64. The first-order valence-corrected chi connectivity index (χ1v) is 6.51. The number of hydrogen-bond donors (Lipinski definition) is 1. The van der Waals surface area contributed by atoms with Crippen LogP contribution in [0.25, 0.3) is 10.8 Å². The molecule has 0 aliphatic carbocycles. The van der Waals surface area contributed by atoms with Crippen molar-refractivity contribution in [3.05, 3.63) is 30.0 Å². The Labute approximate surface area is 99.7 Å². The summed E-state index contributed by atoms with van der Waals surface area (Å²) in [6.45, 7) is 4.26. The topological polar surface area (TPSA) is 33.1 Å². The molecule has 0 aliphatic heterocycles. The van der Waals surface area contributed by atoms with E-state index in [0.717, 1.165) is 16.0 Å². The van der Waals surface area contributed by atoms with E-state index >= 15 is 0 Å². The van der Waals surface area contributed by atoms with Crippen molar-refractivity contribution < 1.29 is 5.11 Å². The van der Waals surface area contributed by atoms with Crippen molar-refractivity contribution in [3.8, 4) is 5.75 Å². The molecule has 0 saturated heterocycles. The molecule has 2 nitrogen and oxygen atoms in total. The zero-order valence-corrected chi connectivity index (χ0v) is 10.5. The van der Waals surface area contributed by atoms with E-state index in [1.807, 2.05) is 18.4 Å². The molecule has 1 N–H and O–H groups in total. The molecule has 1 aromatic carbocycles. The SMILES string of the molecule is CSc1nccc2cc(O)cc(C(C)C)c12. The van der Waals surface area contributed by atoms with Gasteiger partial charge >= 0.3 is 0 Å². The van der Waals surface area contributed by atoms with Gasteiger partial charge in [-0.3, -0.25) is 0 Å². The molecule has 3 heteroatoms. The van der Waals surface area contributed by atoms with Crippen LogP contribution < -0.4 is 0 Å². The van der Waals surface area contributed by atoms with Crippen LogP contribution in [0.5, 0.6) is 5.75 Å². The zero-order chi connectivity index (χ0) is 11.7. The number of aromatic hydroxyl groups is 1. The lowest BCUT2D eigenvalue weighted by molar-refractivity contribution is 0.475. The molecule has 84 valence electrons. The number of nitrogens with zero attached hydrogens (tertiary/aromatic N) is 1. The van der Waals surface area contributed by atoms with Crippen LogP contribution in [0.4, 0.5) is 0 Å². The van der Waals surface area contributed by atoms with Gasteiger partial charge in [0.2, 0.25) is 0 Å². The van der Waals surface area contributed by atoms with Crippen molar-refractivity contribution in [1.29, 1.82) is 0 Å². The summed E-state index contributed by atoms with van der Waals surface area (Å²) in [7, 11) is 0. The average Bonchev–Trinajstić information content (AvgIpc) is 2.26. The van der Waals surface area contributed by atoms with Gasteiger partial charge in [-0.2, -0.15) is 0 Å². The monoisotopic (exact) mass is 233 g/mol. The number of phenolic OH excluding ortho intramolecular Hbond substituents is 1. The number of hydrogen-bond acceptors (Lipinski definition) is 3. The molecule has 2 aromatic rings. The predicted molar refractivity (Wildman–Crippen MR) is 69.3 cm³/mol. The van der Waals surface area contributed by atoms with Gasteiger partial charge in [0.15, 0.2) is 0 Å². The van der Waals surface area contributed by atoms with Gasteiger partial charge in [0, 0.05) is 11.6 Å². The van der Waals surface area contributed by atoms with Gasteiger partial charge in [-0.25, -0.2) is 4.98 Å². The fourth-order valence-corrected chi connectivity index (χ4v) is 2.52. The Balaban J connectivity index is 2.85. The molecule has 0 fully saturated rings. The molecule has 0 amide bonds. The van der Waals surface area contributed by atoms with Crippen LogP contribution >= 0.6 is 11.8 Å². The van der Waals surface area contributed by atoms with Gasteiger partial charge in [-0.1, -0.05) is 13.8 Å². The summed E-state index contributed by atoms with van der Waals surface area (Å²) in [4.78, 5) is 4.38. The van der Waals surface area contributed by atoms with Crippen molar-refractivity contribution in [2.45, 2.75) is 24.8 Å². The molecule has 0 unspecified atom stereocenters. The van der Waals surface area contributed by atoms with Crippen LogP contribution in [0, 0.1) is 0 Å². The van der Waals surface area contributed by atoms with Crippen molar-refractivity contribution in [2.75, 3.05) is 6.26 Å². The fraction of sp³-hybridized carbons (Fsp3) is 0.308. The lowest BCUT2D eigenvalue weighted by Gasteiger charge is -2.13. The maximum atomic E-state index is 9.70. The zero-order valence-electron chi connectivity index (χ0n) is 9.69. The summed E-state index contributed by atoms with van der Waals surface area (Å²) < 4.78 is 0. The number of thioether (sulfide) groups is 1. The molecule has 0 spiro atoms. The summed E-state index contributed by atoms with van der Waals surface area (Å²) in [6, 6.07) is 5.58. The number of aromatic nitrogens is 1. The van der Waals surface area contributed by atoms with Crippen molar-refractivity contribution >= 4 is 22.5 Å². The van der Waals surface area contributed by atoms with E-state index in [1.54, 1.807) is 24.0 Å². The van der Waals surface area contributed by atoms with E-state index in [2.05, 4.69) is 18.8 Å². The largest absolute Gasteiger partial charge is 0.508 e. The first-order chi connectivity index (χ1) is 7.63. The van der Waals surface area contributed by atoms with Gasteiger partial charge in [0.1, 0.15) is 10.8 Å². The van der Waals surface area contributed by atoms with Gasteiger partial charge in [-0.05, 0) is 41.3 Å². The maximum Gasteiger partial charge on any atom is 0.116 e. The number of rotatable bonds is 2. The van der Waals surface area contributed by atoms with Crippen LogP contribution in [0.2, 0.25) is 0 Å². The normalized spacial score (nSPS) is 11.2. The lowest BCUT2D eigenvalue weighted by Crippen LogP contribution is -1.93. The van der Waals surface area contributed by atoms with Crippen LogP contribution in [0.15, 0.2) is 29.4 Å². The number of fused-ring (bicyclic) bond motifs is 1. The third-order valence-corrected chi connectivity index (χ3v) is 3.36. The molecule has 0 bridgehead atoms. The highest BCUT2D eigenvalue weighted by Gasteiger charge is 2.11. The predicted octanol–water partition coefficient (Wildman–Crippen LogP) is 3.79. The Kier molecular flexibility index (Phi) is 3.06. The van der Waals surface area contributed by atoms with E-state index in [-0.39, 0.29) is 0 Å². The number of pyridine rings is 1. The third-order valence-electron chi connectivity index (χ3n) is 2.66. The second-order valence-corrected chi connectivity index (χ2v) is 4.90. The first-order valence-electron chi connectivity index (χ1n) is 5.29. The smallest absolute Gasteiger partial charge is 0.116 e. The standard InChI is InChI=1S/C13H15NOS/c1-8(2)11-7-10(15)6-9-4-5-14-13(16-3)12(9)11/h4-8,15H,1-3H3. The van der Waals surface area contributed by atoms with Crippen LogP contribution in [-0.4, -0.2) is 16.3 Å². The highest BCUT2D eigenvalue weighted by atomic mass is 32.2. The molecular formula is C13H15NOS. The van der Waals surface area contributed by atoms with E-state index < -0.39 is 0 Å². The van der Waals surface area contributed by atoms with Crippen LogP contribution in [-0.2, 0) is 0 Å². The molecule has 0 aliphatic rings. The van der Waals surface area contributed by atoms with E-state index in [9.17, 15) is 5.11 Å². The lowest BCUT2D eigenvalue weighted by atomic mass is 9.97. The Bertz CT molecular complexity index is 523. The molecule has 0 radical (unpaired) electrons. The van der Waals surface area contributed by atoms with Crippen LogP contribution in [0.3, 0.4) is 0 Å². The highest BCUT2D eigenvalue weighted by molar-refractivity contribution is 7.98. The summed E-state index contributed by atoms with van der Waals surface area (Å²) in [5.74, 6) is 0.708. The Hall–Kier alpha value is -1.22. The van der Waals surface area contributed by atoms with E-state index in [1.165, 1.54) is 5.39 Å². The van der Waals surface area contributed by atoms with Gasteiger partial charge in [0.05, 0.1) is 0 Å². The second kappa shape index (κ2) is 4.34. The maximum absolute atomic E-state index is 9.70. The average molecular weight is 233 g/mol. The first kappa shape index (κ1) is 11.3. The minimum absolute atomic E-state index is 0.328. The fourth-order valence-electron chi connectivity index (χ4n) is 1.91. The molecule has 1 heterocycles. The van der Waals surface area contributed by atoms with Gasteiger partial charge < -0.3 is 5.11 Å². The molecule has 1 aromatic heterocycles. The van der Waals surface area contributed by atoms with E-state index in [4.69, 9.17) is 0 Å². The minimum atomic E-state index is 0.328. The molecular weight excluding hydrogens is 218 g/mol. The van der Waals surface area contributed by atoms with Crippen molar-refractivity contribution in [1.82, 2.24) is 4.98 Å². The Morgan fingerprint density at radius 3 is 2.69 bits per heavy atom. The molecule has 16 heavy (non-hydrogen) atoms. The quantitative estimate of drug-likeness (QED) is 0.801. The summed E-state index contributed by atoms with van der Waals surface area (Å²) in [5.41, 5.74) is 1.16. The third kappa shape index (κ3) is 1.87. The van der Waals surface area contributed by atoms with Gasteiger partial charge in [-0.15, -0.1) is 11.8 Å². The number of benzene rings is 1. The van der Waals surface area contributed by atoms with E-state index in [0.29, 0.717) is 11.7 Å². The number of phenols is 1.